The van der Waals surface area contributed by atoms with Gasteiger partial charge in [0.2, 0.25) is 0 Å². The topological polar surface area (TPSA) is 33.3 Å². The monoisotopic (exact) mass is 370 g/mol. The summed E-state index contributed by atoms with van der Waals surface area (Å²) in [5, 5.41) is 7.16. The highest BCUT2D eigenvalue weighted by atomic mass is 79.9. The maximum atomic E-state index is 6.13. The number of anilines is 2. The second-order valence-corrected chi connectivity index (χ2v) is 5.63. The third-order valence-corrected chi connectivity index (χ3v) is 3.54. The molecule has 104 valence electrons. The van der Waals surface area contributed by atoms with E-state index < -0.39 is 0 Å². The third-order valence-electron chi connectivity index (χ3n) is 2.53. The number of rotatable bonds is 3. The van der Waals surface area contributed by atoms with Gasteiger partial charge in [-0.25, -0.2) is 0 Å². The van der Waals surface area contributed by atoms with Gasteiger partial charge in [-0.15, -0.1) is 0 Å². The van der Waals surface area contributed by atoms with Gasteiger partial charge in [-0.05, 0) is 42.5 Å². The summed E-state index contributed by atoms with van der Waals surface area (Å²) < 4.78 is 6.17. The lowest BCUT2D eigenvalue weighted by atomic mass is 10.3. The summed E-state index contributed by atoms with van der Waals surface area (Å²) in [4.78, 5) is 0. The molecule has 2 N–H and O–H groups in total. The smallest absolute Gasteiger partial charge is 0.175 e. The molecule has 2 aromatic carbocycles. The van der Waals surface area contributed by atoms with Gasteiger partial charge >= 0.3 is 0 Å². The quantitative estimate of drug-likeness (QED) is 0.750. The third kappa shape index (κ3) is 3.85. The molecule has 3 nitrogen and oxygen atoms in total. The molecule has 0 atom stereocenters. The fraction of sp³-hybridized carbons (Fsp3) is 0.0714. The molecule has 0 unspecified atom stereocenters. The highest BCUT2D eigenvalue weighted by molar-refractivity contribution is 9.10. The van der Waals surface area contributed by atoms with Crippen molar-refractivity contribution in [3.8, 4) is 5.75 Å². The number of para-hydroxylation sites is 2. The van der Waals surface area contributed by atoms with E-state index in [1.54, 1.807) is 13.2 Å². The van der Waals surface area contributed by atoms with Crippen LogP contribution in [0.25, 0.3) is 0 Å². The first kappa shape index (κ1) is 15.1. The van der Waals surface area contributed by atoms with Gasteiger partial charge < -0.3 is 15.4 Å². The first-order valence-electron chi connectivity index (χ1n) is 5.76. The zero-order chi connectivity index (χ0) is 14.5. The van der Waals surface area contributed by atoms with Crippen LogP contribution in [0.2, 0.25) is 5.02 Å². The number of methoxy groups -OCH3 is 1. The molecule has 0 heterocycles. The Hall–Kier alpha value is -1.30. The van der Waals surface area contributed by atoms with Crippen LogP contribution in [0.3, 0.4) is 0 Å². The maximum absolute atomic E-state index is 6.13. The fourth-order valence-electron chi connectivity index (χ4n) is 1.61. The molecule has 2 aromatic rings. The van der Waals surface area contributed by atoms with E-state index in [-0.39, 0.29) is 0 Å². The second-order valence-electron chi connectivity index (χ2n) is 3.90. The Bertz CT molecular complexity index is 636. The van der Waals surface area contributed by atoms with E-state index in [9.17, 15) is 0 Å². The van der Waals surface area contributed by atoms with Crippen LogP contribution < -0.4 is 15.4 Å². The lowest BCUT2D eigenvalue weighted by Gasteiger charge is -2.14. The van der Waals surface area contributed by atoms with E-state index in [4.69, 9.17) is 28.6 Å². The first-order valence-corrected chi connectivity index (χ1v) is 7.34. The van der Waals surface area contributed by atoms with Gasteiger partial charge in [-0.2, -0.15) is 0 Å². The molecular weight excluding hydrogens is 360 g/mol. The van der Waals surface area contributed by atoms with Gasteiger partial charge in [-0.1, -0.05) is 39.7 Å². The minimum Gasteiger partial charge on any atom is -0.495 e. The second kappa shape index (κ2) is 6.92. The number of ether oxygens (including phenoxy) is 1. The molecule has 6 heteroatoms. The standard InChI is InChI=1S/C14H12BrClN2OS/c1-19-13-5-3-2-4-12(13)18-14(20)17-11-7-6-9(15)8-10(11)16/h2-8H,1H3,(H2,17,18,20). The molecule has 20 heavy (non-hydrogen) atoms. The Balaban J connectivity index is 2.09. The van der Waals surface area contributed by atoms with Crippen LogP contribution in [0.5, 0.6) is 5.75 Å². The molecule has 0 aromatic heterocycles. The number of halogens is 2. The van der Waals surface area contributed by atoms with Crippen LogP contribution in [0, 0.1) is 0 Å². The Kier molecular flexibility index (Phi) is 5.23. The molecule has 0 fully saturated rings. The summed E-state index contributed by atoms with van der Waals surface area (Å²) in [5.41, 5.74) is 1.53. The summed E-state index contributed by atoms with van der Waals surface area (Å²) in [7, 11) is 1.61. The van der Waals surface area contributed by atoms with Gasteiger partial charge in [0, 0.05) is 4.47 Å². The summed E-state index contributed by atoms with van der Waals surface area (Å²) in [5.74, 6) is 0.721. The van der Waals surface area contributed by atoms with Gasteiger partial charge in [0.05, 0.1) is 23.5 Å². The first-order chi connectivity index (χ1) is 9.60. The lowest BCUT2D eigenvalue weighted by molar-refractivity contribution is 0.417. The highest BCUT2D eigenvalue weighted by Gasteiger charge is 2.06. The number of nitrogens with one attached hydrogen (secondary N) is 2. The molecule has 0 saturated carbocycles. The normalized spacial score (nSPS) is 9.95. The van der Waals surface area contributed by atoms with Gasteiger partial charge in [0.25, 0.3) is 0 Å². The van der Waals surface area contributed by atoms with E-state index in [2.05, 4.69) is 26.6 Å². The van der Waals surface area contributed by atoms with Crippen molar-refractivity contribution in [2.75, 3.05) is 17.7 Å². The van der Waals surface area contributed by atoms with E-state index in [0.717, 1.165) is 21.6 Å². The SMILES string of the molecule is COc1ccccc1NC(=S)Nc1ccc(Br)cc1Cl. The van der Waals surface area contributed by atoms with Crippen molar-refractivity contribution in [3.05, 3.63) is 52.0 Å². The van der Waals surface area contributed by atoms with Gasteiger partial charge in [-0.3, -0.25) is 0 Å². The summed E-state index contributed by atoms with van der Waals surface area (Å²) in [6, 6.07) is 13.1. The van der Waals surface area contributed by atoms with Crippen LogP contribution >= 0.6 is 39.7 Å². The summed E-state index contributed by atoms with van der Waals surface area (Å²) >= 11 is 14.8. The summed E-state index contributed by atoms with van der Waals surface area (Å²) in [6.45, 7) is 0. The van der Waals surface area contributed by atoms with Crippen molar-refractivity contribution in [1.82, 2.24) is 0 Å². The van der Waals surface area contributed by atoms with Gasteiger partial charge in [0.15, 0.2) is 5.11 Å². The number of benzene rings is 2. The van der Waals surface area contributed by atoms with Crippen molar-refractivity contribution >= 4 is 56.2 Å². The molecular formula is C14H12BrClN2OS. The van der Waals surface area contributed by atoms with Crippen molar-refractivity contribution in [3.63, 3.8) is 0 Å². The van der Waals surface area contributed by atoms with Crippen LogP contribution in [-0.2, 0) is 0 Å². The Labute approximate surface area is 136 Å². The van der Waals surface area contributed by atoms with Crippen molar-refractivity contribution < 1.29 is 4.74 Å². The average Bonchev–Trinajstić information content (AvgIpc) is 2.42. The molecule has 0 spiro atoms. The van der Waals surface area contributed by atoms with Crippen molar-refractivity contribution in [2.45, 2.75) is 0 Å². The Morgan fingerprint density at radius 3 is 2.55 bits per heavy atom. The van der Waals surface area contributed by atoms with Crippen molar-refractivity contribution in [1.29, 1.82) is 0 Å². The number of hydrogen-bond acceptors (Lipinski definition) is 2. The molecule has 0 aliphatic carbocycles. The molecule has 0 radical (unpaired) electrons. The van der Waals surface area contributed by atoms with Crippen LogP contribution in [0.4, 0.5) is 11.4 Å². The minimum atomic E-state index is 0.443. The Morgan fingerprint density at radius 2 is 1.85 bits per heavy atom. The van der Waals surface area contributed by atoms with Gasteiger partial charge in [0.1, 0.15) is 5.75 Å². The van der Waals surface area contributed by atoms with Crippen molar-refractivity contribution in [2.24, 2.45) is 0 Å². The van der Waals surface area contributed by atoms with E-state index in [0.29, 0.717) is 10.1 Å². The van der Waals surface area contributed by atoms with Crippen LogP contribution in [-0.4, -0.2) is 12.2 Å². The molecule has 0 aliphatic heterocycles. The van der Waals surface area contributed by atoms with E-state index in [1.165, 1.54) is 0 Å². The Morgan fingerprint density at radius 1 is 1.15 bits per heavy atom. The molecule has 0 aliphatic rings. The number of thiocarbonyl (C=S) groups is 1. The number of hydrogen-bond donors (Lipinski definition) is 2. The fourth-order valence-corrected chi connectivity index (χ4v) is 2.56. The molecule has 0 bridgehead atoms. The molecule has 0 saturated heterocycles. The zero-order valence-corrected chi connectivity index (χ0v) is 13.8. The predicted molar refractivity (Wildman–Crippen MR) is 92.0 cm³/mol. The maximum Gasteiger partial charge on any atom is 0.175 e. The molecule has 0 amide bonds. The highest BCUT2D eigenvalue weighted by Crippen LogP contribution is 2.27. The average molecular weight is 372 g/mol. The summed E-state index contributed by atoms with van der Waals surface area (Å²) in [6.07, 6.45) is 0. The largest absolute Gasteiger partial charge is 0.495 e. The van der Waals surface area contributed by atoms with Crippen LogP contribution in [0.1, 0.15) is 0 Å². The zero-order valence-electron chi connectivity index (χ0n) is 10.6. The predicted octanol–water partition coefficient (Wildman–Crippen LogP) is 4.92. The lowest BCUT2D eigenvalue weighted by Crippen LogP contribution is -2.19. The molecule has 2 rings (SSSR count). The van der Waals surface area contributed by atoms with E-state index in [1.807, 2.05) is 36.4 Å². The van der Waals surface area contributed by atoms with E-state index >= 15 is 0 Å². The minimum absolute atomic E-state index is 0.443. The van der Waals surface area contributed by atoms with Crippen LogP contribution in [0.15, 0.2) is 46.9 Å².